The first-order chi connectivity index (χ1) is 12.1. The number of benzene rings is 1. The number of nitrogens with zero attached hydrogens (tertiary/aromatic N) is 3. The Labute approximate surface area is 146 Å². The molecule has 1 N–H and O–H groups in total. The molecule has 5 nitrogen and oxygen atoms in total. The van der Waals surface area contributed by atoms with E-state index in [1.807, 2.05) is 37.3 Å². The van der Waals surface area contributed by atoms with Crippen molar-refractivity contribution in [2.24, 2.45) is 0 Å². The summed E-state index contributed by atoms with van der Waals surface area (Å²) in [6.07, 6.45) is 2.00. The molecular formula is C20H21N3O2. The van der Waals surface area contributed by atoms with Crippen molar-refractivity contribution in [1.29, 1.82) is 0 Å². The van der Waals surface area contributed by atoms with Gasteiger partial charge in [0.2, 0.25) is 0 Å². The second-order valence-electron chi connectivity index (χ2n) is 6.68. The normalized spacial score (nSPS) is 18.1. The zero-order valence-corrected chi connectivity index (χ0v) is 14.2. The van der Waals surface area contributed by atoms with Gasteiger partial charge in [-0.3, -0.25) is 14.1 Å². The van der Waals surface area contributed by atoms with Crippen LogP contribution in [0.5, 0.6) is 0 Å². The Kier molecular flexibility index (Phi) is 4.11. The third kappa shape index (κ3) is 3.08. The molecule has 1 aliphatic heterocycles. The van der Waals surface area contributed by atoms with E-state index in [0.29, 0.717) is 18.6 Å². The van der Waals surface area contributed by atoms with Crippen molar-refractivity contribution in [1.82, 2.24) is 14.3 Å². The number of rotatable bonds is 2. The highest BCUT2D eigenvalue weighted by molar-refractivity contribution is 5.46. The molecule has 1 aromatic carbocycles. The monoisotopic (exact) mass is 335 g/mol. The maximum absolute atomic E-state index is 12.4. The number of fused-ring (bicyclic) bond motifs is 2. The maximum atomic E-state index is 12.4. The number of hydrogen-bond donors (Lipinski definition) is 1. The zero-order chi connectivity index (χ0) is 17.4. The topological polar surface area (TPSA) is 57.8 Å². The first-order valence-electron chi connectivity index (χ1n) is 8.58. The van der Waals surface area contributed by atoms with Crippen molar-refractivity contribution in [2.75, 3.05) is 6.54 Å². The van der Waals surface area contributed by atoms with E-state index in [1.54, 1.807) is 16.7 Å². The van der Waals surface area contributed by atoms with Crippen LogP contribution in [0.1, 0.15) is 34.9 Å². The summed E-state index contributed by atoms with van der Waals surface area (Å²) in [6, 6.07) is 13.4. The van der Waals surface area contributed by atoms with Gasteiger partial charge in [0.05, 0.1) is 11.8 Å². The van der Waals surface area contributed by atoms with Gasteiger partial charge in [-0.1, -0.05) is 30.3 Å². The quantitative estimate of drug-likeness (QED) is 0.781. The molecular weight excluding hydrogens is 314 g/mol. The van der Waals surface area contributed by atoms with E-state index in [0.717, 1.165) is 35.5 Å². The van der Waals surface area contributed by atoms with E-state index < -0.39 is 6.10 Å². The van der Waals surface area contributed by atoms with Crippen molar-refractivity contribution >= 4 is 5.65 Å². The Bertz CT molecular complexity index is 980. The minimum atomic E-state index is -0.432. The average molecular weight is 335 g/mol. The molecule has 128 valence electrons. The average Bonchev–Trinajstić information content (AvgIpc) is 2.76. The van der Waals surface area contributed by atoms with Gasteiger partial charge < -0.3 is 5.11 Å². The molecule has 0 radical (unpaired) electrons. The van der Waals surface area contributed by atoms with Crippen LogP contribution in [0.2, 0.25) is 0 Å². The summed E-state index contributed by atoms with van der Waals surface area (Å²) in [5.74, 6) is 0. The summed E-state index contributed by atoms with van der Waals surface area (Å²) in [4.78, 5) is 19.3. The van der Waals surface area contributed by atoms with Crippen molar-refractivity contribution in [2.45, 2.75) is 32.5 Å². The van der Waals surface area contributed by atoms with Crippen LogP contribution < -0.4 is 5.56 Å². The number of aromatic nitrogens is 2. The second kappa shape index (κ2) is 6.43. The third-order valence-electron chi connectivity index (χ3n) is 4.85. The fourth-order valence-corrected chi connectivity index (χ4v) is 3.54. The van der Waals surface area contributed by atoms with Gasteiger partial charge >= 0.3 is 0 Å². The van der Waals surface area contributed by atoms with Crippen LogP contribution in [0.4, 0.5) is 0 Å². The van der Waals surface area contributed by atoms with Gasteiger partial charge in [0.15, 0.2) is 0 Å². The molecule has 25 heavy (non-hydrogen) atoms. The molecule has 0 aliphatic carbocycles. The molecule has 1 unspecified atom stereocenters. The summed E-state index contributed by atoms with van der Waals surface area (Å²) in [7, 11) is 0. The predicted octanol–water partition coefficient (Wildman–Crippen LogP) is 2.44. The Morgan fingerprint density at radius 1 is 1.24 bits per heavy atom. The Hall–Kier alpha value is -2.50. The molecule has 3 heterocycles. The first kappa shape index (κ1) is 16.0. The molecule has 0 fully saturated rings. The number of aliphatic hydroxyl groups excluding tert-OH is 1. The van der Waals surface area contributed by atoms with Crippen molar-refractivity contribution in [3.63, 3.8) is 0 Å². The van der Waals surface area contributed by atoms with Crippen molar-refractivity contribution in [3.8, 4) is 0 Å². The molecule has 5 heteroatoms. The Morgan fingerprint density at radius 3 is 2.96 bits per heavy atom. The highest BCUT2D eigenvalue weighted by Crippen LogP contribution is 2.26. The van der Waals surface area contributed by atoms with E-state index in [1.165, 1.54) is 0 Å². The molecule has 1 aliphatic rings. The third-order valence-corrected chi connectivity index (χ3v) is 4.85. The van der Waals surface area contributed by atoms with Crippen LogP contribution in [-0.2, 0) is 13.1 Å². The largest absolute Gasteiger partial charge is 0.388 e. The standard InChI is InChI=1S/C20H21N3O2/c1-14-5-4-9-23-19(25)11-16(21-20(14)23)13-22-10-8-18(24)17-7-3-2-6-15(17)12-22/h2-7,9,11,18,24H,8,10,12-13H2,1H3. The molecule has 0 saturated carbocycles. The van der Waals surface area contributed by atoms with E-state index >= 15 is 0 Å². The smallest absolute Gasteiger partial charge is 0.258 e. The Balaban J connectivity index is 1.66. The van der Waals surface area contributed by atoms with Crippen molar-refractivity contribution < 1.29 is 5.11 Å². The van der Waals surface area contributed by atoms with Crippen LogP contribution in [0.25, 0.3) is 5.65 Å². The van der Waals surface area contributed by atoms with E-state index in [4.69, 9.17) is 4.98 Å². The van der Waals surface area contributed by atoms with Crippen LogP contribution in [-0.4, -0.2) is 25.9 Å². The number of aryl methyl sites for hydroxylation is 1. The summed E-state index contributed by atoms with van der Waals surface area (Å²) >= 11 is 0. The van der Waals surface area contributed by atoms with Gasteiger partial charge in [0.25, 0.3) is 5.56 Å². The number of pyridine rings is 1. The minimum absolute atomic E-state index is 0.0565. The zero-order valence-electron chi connectivity index (χ0n) is 14.2. The molecule has 0 saturated heterocycles. The number of hydrogen-bond acceptors (Lipinski definition) is 4. The van der Waals surface area contributed by atoms with Crippen LogP contribution in [0, 0.1) is 6.92 Å². The predicted molar refractivity (Wildman–Crippen MR) is 96.3 cm³/mol. The second-order valence-corrected chi connectivity index (χ2v) is 6.68. The highest BCUT2D eigenvalue weighted by atomic mass is 16.3. The fraction of sp³-hybridized carbons (Fsp3) is 0.300. The van der Waals surface area contributed by atoms with Crippen LogP contribution in [0.15, 0.2) is 53.5 Å². The van der Waals surface area contributed by atoms with Gasteiger partial charge in [-0.25, -0.2) is 4.98 Å². The van der Waals surface area contributed by atoms with Gasteiger partial charge in [-0.05, 0) is 36.1 Å². The van der Waals surface area contributed by atoms with Crippen molar-refractivity contribution in [3.05, 3.63) is 81.4 Å². The molecule has 0 amide bonds. The van der Waals surface area contributed by atoms with Gasteiger partial charge in [0.1, 0.15) is 5.65 Å². The molecule has 1 atom stereocenters. The minimum Gasteiger partial charge on any atom is -0.388 e. The molecule has 0 spiro atoms. The highest BCUT2D eigenvalue weighted by Gasteiger charge is 2.21. The molecule has 4 rings (SSSR count). The first-order valence-corrected chi connectivity index (χ1v) is 8.58. The summed E-state index contributed by atoms with van der Waals surface area (Å²) < 4.78 is 1.58. The Morgan fingerprint density at radius 2 is 2.08 bits per heavy atom. The molecule has 3 aromatic rings. The summed E-state index contributed by atoms with van der Waals surface area (Å²) in [5, 5.41) is 10.4. The lowest BCUT2D eigenvalue weighted by Crippen LogP contribution is -2.25. The lowest BCUT2D eigenvalue weighted by Gasteiger charge is -2.20. The number of aliphatic hydroxyl groups is 1. The summed E-state index contributed by atoms with van der Waals surface area (Å²) in [6.45, 7) is 4.08. The van der Waals surface area contributed by atoms with E-state index in [2.05, 4.69) is 11.0 Å². The van der Waals surface area contributed by atoms with E-state index in [-0.39, 0.29) is 5.56 Å². The molecule has 2 aromatic heterocycles. The summed E-state index contributed by atoms with van der Waals surface area (Å²) in [5.41, 5.74) is 4.55. The molecule has 0 bridgehead atoms. The van der Waals surface area contributed by atoms with E-state index in [9.17, 15) is 9.90 Å². The lowest BCUT2D eigenvalue weighted by molar-refractivity contribution is 0.149. The lowest BCUT2D eigenvalue weighted by atomic mass is 10.0. The van der Waals surface area contributed by atoms with Gasteiger partial charge in [-0.15, -0.1) is 0 Å². The van der Waals surface area contributed by atoms with Crippen LogP contribution in [0.3, 0.4) is 0 Å². The SMILES string of the molecule is Cc1cccn2c(=O)cc(CN3CCC(O)c4ccccc4C3)nc12. The maximum Gasteiger partial charge on any atom is 0.258 e. The van der Waals surface area contributed by atoms with Crippen LogP contribution >= 0.6 is 0 Å². The van der Waals surface area contributed by atoms with Gasteiger partial charge in [-0.2, -0.15) is 0 Å². The fourth-order valence-electron chi connectivity index (χ4n) is 3.54. The van der Waals surface area contributed by atoms with Gasteiger partial charge in [0, 0.05) is 31.9 Å².